The van der Waals surface area contributed by atoms with Gasteiger partial charge in [-0.15, -0.1) is 11.8 Å². The van der Waals surface area contributed by atoms with E-state index in [9.17, 15) is 0 Å². The highest BCUT2D eigenvalue weighted by Crippen LogP contribution is 2.14. The summed E-state index contributed by atoms with van der Waals surface area (Å²) in [5, 5.41) is 1.12. The standard InChI is InChI=1S/C7H7N3S/c1-11-6-5-9-7-8-3-2-4-10(6)7/h2-5H,1H3. The quantitative estimate of drug-likeness (QED) is 0.599. The second kappa shape index (κ2) is 2.54. The molecule has 0 spiro atoms. The minimum absolute atomic E-state index is 0.761. The summed E-state index contributed by atoms with van der Waals surface area (Å²) in [6.45, 7) is 0. The van der Waals surface area contributed by atoms with Crippen LogP contribution in [-0.2, 0) is 0 Å². The first-order chi connectivity index (χ1) is 5.42. The fourth-order valence-electron chi connectivity index (χ4n) is 0.957. The lowest BCUT2D eigenvalue weighted by atomic mass is 10.7. The Morgan fingerprint density at radius 3 is 3.18 bits per heavy atom. The van der Waals surface area contributed by atoms with Gasteiger partial charge in [0.1, 0.15) is 5.03 Å². The van der Waals surface area contributed by atoms with Crippen LogP contribution in [0.2, 0.25) is 0 Å². The van der Waals surface area contributed by atoms with Gasteiger partial charge in [-0.3, -0.25) is 4.40 Å². The third-order valence-corrected chi connectivity index (χ3v) is 2.18. The van der Waals surface area contributed by atoms with Gasteiger partial charge in [0.25, 0.3) is 0 Å². The van der Waals surface area contributed by atoms with Crippen LogP contribution in [0.1, 0.15) is 0 Å². The number of aromatic nitrogens is 3. The predicted molar refractivity (Wildman–Crippen MR) is 44.8 cm³/mol. The molecule has 0 fully saturated rings. The average Bonchev–Trinajstić information content (AvgIpc) is 2.47. The van der Waals surface area contributed by atoms with Crippen molar-refractivity contribution in [3.05, 3.63) is 24.7 Å². The van der Waals surface area contributed by atoms with Crippen molar-refractivity contribution in [2.24, 2.45) is 0 Å². The lowest BCUT2D eigenvalue weighted by molar-refractivity contribution is 1.02. The Bertz CT molecular complexity index is 368. The molecule has 0 aromatic carbocycles. The summed E-state index contributed by atoms with van der Waals surface area (Å²) >= 11 is 1.67. The predicted octanol–water partition coefficient (Wildman–Crippen LogP) is 1.45. The van der Waals surface area contributed by atoms with Crippen molar-refractivity contribution in [2.45, 2.75) is 5.03 Å². The van der Waals surface area contributed by atoms with E-state index in [1.54, 1.807) is 18.0 Å². The SMILES string of the molecule is CSc1cnc2ncccn12. The monoisotopic (exact) mass is 165 g/mol. The molecule has 56 valence electrons. The summed E-state index contributed by atoms with van der Waals surface area (Å²) in [6.07, 6.45) is 7.55. The van der Waals surface area contributed by atoms with Crippen molar-refractivity contribution in [3.63, 3.8) is 0 Å². The van der Waals surface area contributed by atoms with Gasteiger partial charge in [0, 0.05) is 12.4 Å². The van der Waals surface area contributed by atoms with Crippen molar-refractivity contribution >= 4 is 17.5 Å². The topological polar surface area (TPSA) is 30.2 Å². The average molecular weight is 165 g/mol. The van der Waals surface area contributed by atoms with Crippen LogP contribution < -0.4 is 0 Å². The molecular weight excluding hydrogens is 158 g/mol. The highest BCUT2D eigenvalue weighted by molar-refractivity contribution is 7.98. The van der Waals surface area contributed by atoms with Crippen LogP contribution in [0.15, 0.2) is 29.7 Å². The second-order valence-corrected chi connectivity index (χ2v) is 2.92. The van der Waals surface area contributed by atoms with E-state index in [-0.39, 0.29) is 0 Å². The lowest BCUT2D eigenvalue weighted by Crippen LogP contribution is -1.86. The van der Waals surface area contributed by atoms with Crippen molar-refractivity contribution in [2.75, 3.05) is 6.26 Å². The number of hydrogen-bond donors (Lipinski definition) is 0. The molecule has 0 radical (unpaired) electrons. The van der Waals surface area contributed by atoms with Gasteiger partial charge in [-0.25, -0.2) is 9.97 Å². The first-order valence-corrected chi connectivity index (χ1v) is 4.46. The number of thioether (sulfide) groups is 1. The van der Waals surface area contributed by atoms with Gasteiger partial charge in [0.15, 0.2) is 0 Å². The smallest absolute Gasteiger partial charge is 0.234 e. The molecular formula is C7H7N3S. The minimum Gasteiger partial charge on any atom is -0.279 e. The fourth-order valence-corrected chi connectivity index (χ4v) is 1.45. The van der Waals surface area contributed by atoms with Crippen molar-refractivity contribution in [1.29, 1.82) is 0 Å². The summed E-state index contributed by atoms with van der Waals surface area (Å²) in [7, 11) is 0. The second-order valence-electron chi connectivity index (χ2n) is 2.09. The summed E-state index contributed by atoms with van der Waals surface area (Å²) in [5.41, 5.74) is 0. The maximum absolute atomic E-state index is 4.12. The van der Waals surface area contributed by atoms with Gasteiger partial charge >= 0.3 is 0 Å². The Morgan fingerprint density at radius 2 is 2.36 bits per heavy atom. The third-order valence-electron chi connectivity index (χ3n) is 1.46. The van der Waals surface area contributed by atoms with E-state index >= 15 is 0 Å². The third kappa shape index (κ3) is 0.991. The molecule has 0 atom stereocenters. The van der Waals surface area contributed by atoms with Crippen LogP contribution in [0, 0.1) is 0 Å². The molecule has 11 heavy (non-hydrogen) atoms. The zero-order valence-corrected chi connectivity index (χ0v) is 6.88. The fraction of sp³-hybridized carbons (Fsp3) is 0.143. The van der Waals surface area contributed by atoms with Gasteiger partial charge in [-0.05, 0) is 12.3 Å². The van der Waals surface area contributed by atoms with E-state index in [1.165, 1.54) is 0 Å². The number of imidazole rings is 1. The number of rotatable bonds is 1. The zero-order chi connectivity index (χ0) is 7.68. The molecule has 2 rings (SSSR count). The van der Waals surface area contributed by atoms with E-state index in [0.29, 0.717) is 0 Å². The van der Waals surface area contributed by atoms with Crippen LogP contribution in [0.5, 0.6) is 0 Å². The Labute approximate surface area is 68.5 Å². The number of fused-ring (bicyclic) bond motifs is 1. The lowest BCUT2D eigenvalue weighted by Gasteiger charge is -1.93. The molecule has 0 bridgehead atoms. The molecule has 0 aliphatic heterocycles. The molecule has 4 heteroatoms. The first kappa shape index (κ1) is 6.67. The Kier molecular flexibility index (Phi) is 1.54. The van der Waals surface area contributed by atoms with E-state index in [4.69, 9.17) is 0 Å². The molecule has 3 nitrogen and oxygen atoms in total. The van der Waals surface area contributed by atoms with Crippen LogP contribution >= 0.6 is 11.8 Å². The first-order valence-electron chi connectivity index (χ1n) is 3.24. The van der Waals surface area contributed by atoms with E-state index in [2.05, 4.69) is 9.97 Å². The van der Waals surface area contributed by atoms with Gasteiger partial charge in [-0.1, -0.05) is 0 Å². The van der Waals surface area contributed by atoms with E-state index in [0.717, 1.165) is 10.8 Å². The summed E-state index contributed by atoms with van der Waals surface area (Å²) in [5.74, 6) is 0.761. The molecule has 0 aliphatic carbocycles. The summed E-state index contributed by atoms with van der Waals surface area (Å²) in [4.78, 5) is 8.21. The molecule has 0 aliphatic rings. The summed E-state index contributed by atoms with van der Waals surface area (Å²) < 4.78 is 1.96. The molecule has 0 saturated heterocycles. The van der Waals surface area contributed by atoms with Gasteiger partial charge in [0.2, 0.25) is 5.78 Å². The highest BCUT2D eigenvalue weighted by Gasteiger charge is 1.99. The molecule has 2 aromatic heterocycles. The van der Waals surface area contributed by atoms with Gasteiger partial charge < -0.3 is 0 Å². The van der Waals surface area contributed by atoms with Crippen LogP contribution in [0.3, 0.4) is 0 Å². The molecule has 0 unspecified atom stereocenters. The van der Waals surface area contributed by atoms with Gasteiger partial charge in [0.05, 0.1) is 6.20 Å². The highest BCUT2D eigenvalue weighted by atomic mass is 32.2. The molecule has 2 aromatic rings. The maximum atomic E-state index is 4.12. The zero-order valence-electron chi connectivity index (χ0n) is 6.06. The van der Waals surface area contributed by atoms with Crippen molar-refractivity contribution in [1.82, 2.24) is 14.4 Å². The molecule has 0 amide bonds. The van der Waals surface area contributed by atoms with Crippen LogP contribution in [0.4, 0.5) is 0 Å². The Hall–Kier alpha value is -1.03. The molecule has 0 saturated carbocycles. The number of nitrogens with zero attached hydrogens (tertiary/aromatic N) is 3. The van der Waals surface area contributed by atoms with E-state index in [1.807, 2.05) is 29.1 Å². The number of hydrogen-bond acceptors (Lipinski definition) is 3. The van der Waals surface area contributed by atoms with Crippen LogP contribution in [-0.4, -0.2) is 20.6 Å². The minimum atomic E-state index is 0.761. The van der Waals surface area contributed by atoms with Gasteiger partial charge in [-0.2, -0.15) is 0 Å². The Balaban J connectivity index is 2.76. The van der Waals surface area contributed by atoms with Crippen molar-refractivity contribution in [3.8, 4) is 0 Å². The maximum Gasteiger partial charge on any atom is 0.234 e. The van der Waals surface area contributed by atoms with E-state index < -0.39 is 0 Å². The van der Waals surface area contributed by atoms with Crippen molar-refractivity contribution < 1.29 is 0 Å². The molecule has 0 N–H and O–H groups in total. The summed E-state index contributed by atoms with van der Waals surface area (Å²) in [6, 6.07) is 1.90. The Morgan fingerprint density at radius 1 is 1.45 bits per heavy atom. The van der Waals surface area contributed by atoms with Crippen LogP contribution in [0.25, 0.3) is 5.78 Å². The largest absolute Gasteiger partial charge is 0.279 e. The normalized spacial score (nSPS) is 10.6. The molecule has 2 heterocycles.